The third kappa shape index (κ3) is 10.7. The highest BCUT2D eigenvalue weighted by atomic mass is 28.3. The number of carbonyl (C=O) groups excluding carboxylic acids is 3. The summed E-state index contributed by atoms with van der Waals surface area (Å²) in [6, 6.07) is 8.95. The Balaban J connectivity index is 2.66. The van der Waals surface area contributed by atoms with Crippen molar-refractivity contribution < 1.29 is 28.6 Å². The number of benzene rings is 1. The van der Waals surface area contributed by atoms with E-state index >= 15 is 0 Å². The van der Waals surface area contributed by atoms with Crippen LogP contribution in [0.5, 0.6) is 5.75 Å². The molecule has 0 aliphatic carbocycles. The van der Waals surface area contributed by atoms with Gasteiger partial charge >= 0.3 is 11.9 Å². The molecule has 1 rings (SSSR count). The maximum atomic E-state index is 12.7. The number of esters is 2. The third-order valence-electron chi connectivity index (χ3n) is 5.44. The molecule has 1 aromatic carbocycles. The van der Waals surface area contributed by atoms with Gasteiger partial charge in [-0.15, -0.1) is 0 Å². The van der Waals surface area contributed by atoms with E-state index < -0.39 is 31.5 Å². The summed E-state index contributed by atoms with van der Waals surface area (Å²) in [7, 11) is -0.935. The summed E-state index contributed by atoms with van der Waals surface area (Å²) in [6.07, 6.45) is 5.17. The summed E-state index contributed by atoms with van der Waals surface area (Å²) in [6.45, 7) is 12.6. The monoisotopic (exact) mass is 493 g/mol. The highest BCUT2D eigenvalue weighted by Crippen LogP contribution is 2.22. The quantitative estimate of drug-likeness (QED) is 0.152. The molecule has 0 aromatic heterocycles. The van der Waals surface area contributed by atoms with Crippen LogP contribution in [-0.2, 0) is 30.3 Å². The molecule has 0 heterocycles. The van der Waals surface area contributed by atoms with Gasteiger partial charge in [-0.05, 0) is 50.8 Å². The van der Waals surface area contributed by atoms with Crippen LogP contribution >= 0.6 is 0 Å². The highest BCUT2D eigenvalue weighted by molar-refractivity contribution is 6.76. The largest absolute Gasteiger partial charge is 0.494 e. The zero-order chi connectivity index (χ0) is 25.6. The molecule has 7 nitrogen and oxygen atoms in total. The summed E-state index contributed by atoms with van der Waals surface area (Å²) in [5.41, 5.74) is -0.968. The second-order valence-corrected chi connectivity index (χ2v) is 15.4. The average molecular weight is 494 g/mol. The van der Waals surface area contributed by atoms with E-state index in [1.165, 1.54) is 32.2 Å². The number of unbranched alkanes of at least 4 members (excludes halogenated alkanes) is 3. The van der Waals surface area contributed by atoms with E-state index in [1.54, 1.807) is 13.8 Å². The number of ether oxygens (including phenoxy) is 3. The fourth-order valence-electron chi connectivity index (χ4n) is 3.65. The molecule has 1 N–H and O–H groups in total. The van der Waals surface area contributed by atoms with Gasteiger partial charge in [-0.2, -0.15) is 0 Å². The number of aryl methyl sites for hydroxylation is 1. The lowest BCUT2D eigenvalue weighted by Gasteiger charge is -2.29. The van der Waals surface area contributed by atoms with Gasteiger partial charge in [0.1, 0.15) is 5.75 Å². The van der Waals surface area contributed by atoms with Gasteiger partial charge in [0, 0.05) is 15.0 Å². The Bertz CT molecular complexity index is 754. The topological polar surface area (TPSA) is 90.9 Å². The summed E-state index contributed by atoms with van der Waals surface area (Å²) >= 11 is 0. The van der Waals surface area contributed by atoms with Gasteiger partial charge in [0.05, 0.1) is 19.8 Å². The molecule has 0 fully saturated rings. The lowest BCUT2D eigenvalue weighted by molar-refractivity contribution is -0.168. The van der Waals surface area contributed by atoms with Gasteiger partial charge in [0.15, 0.2) is 0 Å². The first-order valence-electron chi connectivity index (χ1n) is 12.4. The van der Waals surface area contributed by atoms with Crippen LogP contribution in [0.25, 0.3) is 0 Å². The minimum atomic E-state index is -1.87. The molecule has 1 aromatic rings. The molecule has 192 valence electrons. The Labute approximate surface area is 205 Å². The Hall–Kier alpha value is -2.35. The first kappa shape index (κ1) is 29.7. The van der Waals surface area contributed by atoms with Gasteiger partial charge in [-0.1, -0.05) is 57.1 Å². The highest BCUT2D eigenvalue weighted by Gasteiger charge is 2.49. The van der Waals surface area contributed by atoms with Crippen molar-refractivity contribution in [2.75, 3.05) is 19.8 Å². The van der Waals surface area contributed by atoms with E-state index in [-0.39, 0.29) is 19.6 Å². The first-order chi connectivity index (χ1) is 16.0. The lowest BCUT2D eigenvalue weighted by atomic mass is 9.90. The number of hydrogen-bond donors (Lipinski definition) is 1. The molecule has 0 bridgehead atoms. The smallest absolute Gasteiger partial charge is 0.343 e. The Kier molecular flexibility index (Phi) is 12.9. The van der Waals surface area contributed by atoms with Crippen LogP contribution < -0.4 is 10.1 Å². The van der Waals surface area contributed by atoms with Crippen molar-refractivity contribution in [2.45, 2.75) is 90.5 Å². The lowest BCUT2D eigenvalue weighted by Crippen LogP contribution is -2.61. The molecule has 34 heavy (non-hydrogen) atoms. The molecule has 0 radical (unpaired) electrons. The van der Waals surface area contributed by atoms with Crippen LogP contribution in [0.15, 0.2) is 24.3 Å². The molecule has 0 spiro atoms. The Morgan fingerprint density at radius 3 is 1.94 bits per heavy atom. The normalized spacial score (nSPS) is 11.6. The number of nitrogens with one attached hydrogen (secondary N) is 1. The molecule has 0 aliphatic rings. The van der Waals surface area contributed by atoms with Crippen molar-refractivity contribution in [2.24, 2.45) is 0 Å². The van der Waals surface area contributed by atoms with Crippen molar-refractivity contribution in [3.05, 3.63) is 29.8 Å². The first-order valence-corrected chi connectivity index (χ1v) is 16.1. The van der Waals surface area contributed by atoms with Crippen molar-refractivity contribution in [1.29, 1.82) is 0 Å². The van der Waals surface area contributed by atoms with Gasteiger partial charge in [0.2, 0.25) is 11.4 Å². The molecule has 0 atom stereocenters. The van der Waals surface area contributed by atoms with Crippen LogP contribution in [0.4, 0.5) is 0 Å². The van der Waals surface area contributed by atoms with Gasteiger partial charge in [-0.3, -0.25) is 4.79 Å². The van der Waals surface area contributed by atoms with E-state index in [9.17, 15) is 14.4 Å². The standard InChI is InChI=1S/C26H43NO6Si/c1-7-31-24(29)26(27-21(3)28,25(30)32-8-2)18-17-22-13-15-23(16-14-22)33-19-11-9-10-12-20-34(4,5)6/h13-16H,7-12,17-20H2,1-6H3,(H,27,28). The van der Waals surface area contributed by atoms with Crippen LogP contribution in [0, 0.1) is 0 Å². The predicted molar refractivity (Wildman–Crippen MR) is 137 cm³/mol. The summed E-state index contributed by atoms with van der Waals surface area (Å²) < 4.78 is 16.1. The fraction of sp³-hybridized carbons (Fsp3) is 0.654. The summed E-state index contributed by atoms with van der Waals surface area (Å²) in [5, 5.41) is 2.49. The van der Waals surface area contributed by atoms with E-state index in [4.69, 9.17) is 14.2 Å². The average Bonchev–Trinajstić information content (AvgIpc) is 2.76. The molecule has 1 amide bonds. The molecule has 0 unspecified atom stereocenters. The van der Waals surface area contributed by atoms with Crippen molar-refractivity contribution in [3.63, 3.8) is 0 Å². The molecular formula is C26H43NO6Si. The van der Waals surface area contributed by atoms with Gasteiger partial charge < -0.3 is 19.5 Å². The fourth-order valence-corrected chi connectivity index (χ4v) is 4.96. The number of rotatable bonds is 16. The zero-order valence-electron chi connectivity index (χ0n) is 21.8. The third-order valence-corrected chi connectivity index (χ3v) is 7.29. The van der Waals surface area contributed by atoms with Crippen LogP contribution in [0.1, 0.15) is 58.4 Å². The maximum Gasteiger partial charge on any atom is 0.343 e. The van der Waals surface area contributed by atoms with E-state index in [0.717, 1.165) is 17.7 Å². The van der Waals surface area contributed by atoms with Crippen LogP contribution in [0.2, 0.25) is 25.7 Å². The second-order valence-electron chi connectivity index (χ2n) is 9.74. The molecule has 0 saturated heterocycles. The van der Waals surface area contributed by atoms with E-state index in [2.05, 4.69) is 25.0 Å². The summed E-state index contributed by atoms with van der Waals surface area (Å²) in [5.74, 6) is -1.35. The Morgan fingerprint density at radius 1 is 0.882 bits per heavy atom. The molecule has 8 heteroatoms. The molecule has 0 saturated carbocycles. The number of amides is 1. The van der Waals surface area contributed by atoms with E-state index in [1.807, 2.05) is 24.3 Å². The van der Waals surface area contributed by atoms with Crippen molar-refractivity contribution in [1.82, 2.24) is 5.32 Å². The molecular weight excluding hydrogens is 450 g/mol. The second kappa shape index (κ2) is 14.8. The van der Waals surface area contributed by atoms with Gasteiger partial charge in [0.25, 0.3) is 0 Å². The van der Waals surface area contributed by atoms with Crippen LogP contribution in [-0.4, -0.2) is 51.3 Å². The minimum absolute atomic E-state index is 0.0296. The van der Waals surface area contributed by atoms with Crippen molar-refractivity contribution >= 4 is 25.9 Å². The number of hydrogen-bond acceptors (Lipinski definition) is 6. The maximum absolute atomic E-state index is 12.7. The summed E-state index contributed by atoms with van der Waals surface area (Å²) in [4.78, 5) is 37.2. The van der Waals surface area contributed by atoms with Gasteiger partial charge in [-0.25, -0.2) is 9.59 Å². The van der Waals surface area contributed by atoms with Crippen molar-refractivity contribution in [3.8, 4) is 5.75 Å². The van der Waals surface area contributed by atoms with E-state index in [0.29, 0.717) is 13.0 Å². The molecule has 0 aliphatic heterocycles. The predicted octanol–water partition coefficient (Wildman–Crippen LogP) is 4.90. The SMILES string of the molecule is CCOC(=O)C(CCc1ccc(OCCCCCC[Si](C)(C)C)cc1)(NC(C)=O)C(=O)OCC. The minimum Gasteiger partial charge on any atom is -0.494 e. The van der Waals surface area contributed by atoms with Crippen LogP contribution in [0.3, 0.4) is 0 Å². The Morgan fingerprint density at radius 2 is 1.44 bits per heavy atom. The zero-order valence-corrected chi connectivity index (χ0v) is 22.8. The number of carbonyl (C=O) groups is 3.